The van der Waals surface area contributed by atoms with Crippen molar-refractivity contribution in [3.05, 3.63) is 367 Å². The van der Waals surface area contributed by atoms with Crippen molar-refractivity contribution in [1.82, 2.24) is 16.0 Å². The van der Waals surface area contributed by atoms with Gasteiger partial charge in [-0.15, -0.1) is 0 Å². The molecule has 0 aliphatic rings. The van der Waals surface area contributed by atoms with E-state index in [1.807, 2.05) is 128 Å². The van der Waals surface area contributed by atoms with Crippen LogP contribution in [0.3, 0.4) is 0 Å². The van der Waals surface area contributed by atoms with E-state index in [0.29, 0.717) is 57.7 Å². The van der Waals surface area contributed by atoms with E-state index in [0.717, 1.165) is 30.0 Å². The highest BCUT2D eigenvalue weighted by atomic mass is 16.3. The molecule has 13 rings (SSSR count). The van der Waals surface area contributed by atoms with Gasteiger partial charge in [-0.3, -0.25) is 28.8 Å². The van der Waals surface area contributed by atoms with E-state index >= 15 is 0 Å². The zero-order valence-corrected chi connectivity index (χ0v) is 73.1. The van der Waals surface area contributed by atoms with E-state index in [1.54, 1.807) is 54.6 Å². The van der Waals surface area contributed by atoms with Crippen LogP contribution in [0.5, 0.6) is 86.2 Å². The Morgan fingerprint density at radius 3 is 1.09 bits per heavy atom. The summed E-state index contributed by atoms with van der Waals surface area (Å²) in [6.07, 6.45) is 10.8. The van der Waals surface area contributed by atoms with Gasteiger partial charge in [0.15, 0.2) is 69.0 Å². The first-order chi connectivity index (χ1) is 66.6. The molecule has 0 saturated carbocycles. The molecule has 0 saturated heterocycles. The molecular weight excluding hydrogens is 1780 g/mol. The van der Waals surface area contributed by atoms with Crippen LogP contribution in [0, 0.1) is 79.3 Å². The van der Waals surface area contributed by atoms with E-state index < -0.39 is 35.0 Å². The zero-order valence-electron chi connectivity index (χ0n) is 73.1. The third-order valence-electron chi connectivity index (χ3n) is 18.7. The van der Waals surface area contributed by atoms with Gasteiger partial charge in [-0.1, -0.05) is 158 Å². The lowest BCUT2D eigenvalue weighted by Gasteiger charge is -2.13. The lowest BCUT2D eigenvalue weighted by atomic mass is 10.0. The highest BCUT2D eigenvalue weighted by molar-refractivity contribution is 6.10. The Kier molecular flexibility index (Phi) is 40.3. The molecule has 0 aliphatic carbocycles. The van der Waals surface area contributed by atoms with Crippen molar-refractivity contribution in [2.45, 2.75) is 32.4 Å². The summed E-state index contributed by atoms with van der Waals surface area (Å²) in [6.45, 7) is 2.61. The number of phenolic OH excluding ortho intramolecular Hbond substituents is 15. The molecule has 0 bridgehead atoms. The topological polar surface area (TPSA) is 660 Å². The van der Waals surface area contributed by atoms with Gasteiger partial charge in [-0.25, -0.2) is 0 Å². The number of nitrogens with two attached hydrogens (primary N) is 1. The summed E-state index contributed by atoms with van der Waals surface area (Å²) in [7, 11) is 0. The number of hydrogen-bond acceptors (Lipinski definition) is 29. The smallest absolute Gasteiger partial charge is 0.266 e. The van der Waals surface area contributed by atoms with Crippen molar-refractivity contribution in [3.8, 4) is 140 Å². The van der Waals surface area contributed by atoms with Crippen LogP contribution < -0.4 is 32.4 Å². The Labute approximate surface area is 793 Å². The molecule has 21 N–H and O–H groups in total. The van der Waals surface area contributed by atoms with E-state index in [1.165, 1.54) is 176 Å². The fourth-order valence-corrected chi connectivity index (χ4v) is 11.6. The number of nitrogens with one attached hydrogen (secondary N) is 4. The van der Waals surface area contributed by atoms with Crippen molar-refractivity contribution in [2.24, 2.45) is 5.73 Å². The number of amides is 5. The number of rotatable bonds is 21. The molecule has 1 heterocycles. The first kappa shape index (κ1) is 105. The molecule has 0 unspecified atom stereocenters. The fraction of sp³-hybridized carbons (Fsp3) is 0.0571. The second-order valence-corrected chi connectivity index (χ2v) is 28.8. The number of para-hydroxylation sites is 1. The first-order valence-electron chi connectivity index (χ1n) is 40.7. The number of aromatic hydroxyl groups is 15. The molecule has 0 radical (unpaired) electrons. The monoisotopic (exact) mass is 1860 g/mol. The van der Waals surface area contributed by atoms with E-state index in [2.05, 4.69) is 21.3 Å². The molecule has 1 aromatic heterocycles. The van der Waals surface area contributed by atoms with Crippen LogP contribution in [0.25, 0.3) is 58.6 Å². The normalized spacial score (nSPS) is 10.8. The molecule has 0 fully saturated rings. The van der Waals surface area contributed by atoms with Crippen LogP contribution >= 0.6 is 0 Å². The van der Waals surface area contributed by atoms with E-state index in [-0.39, 0.29) is 142 Å². The van der Waals surface area contributed by atoms with Gasteiger partial charge < -0.3 is 108 Å². The van der Waals surface area contributed by atoms with Crippen LogP contribution in [0.1, 0.15) is 69.5 Å². The number of allylic oxidation sites excluding steroid dienone is 1. The predicted octanol–water partition coefficient (Wildman–Crippen LogP) is 15.2. The number of nitriles is 7. The van der Waals surface area contributed by atoms with E-state index in [4.69, 9.17) is 62.1 Å². The van der Waals surface area contributed by atoms with Gasteiger partial charge in [0.25, 0.3) is 29.5 Å². The van der Waals surface area contributed by atoms with Gasteiger partial charge in [-0.2, -0.15) is 36.8 Å². The van der Waals surface area contributed by atoms with Crippen LogP contribution in [-0.2, 0) is 36.9 Å². The predicted molar refractivity (Wildman–Crippen MR) is 512 cm³/mol. The van der Waals surface area contributed by atoms with Crippen LogP contribution in [0.15, 0.2) is 316 Å². The maximum atomic E-state index is 12.4. The van der Waals surface area contributed by atoms with Crippen molar-refractivity contribution in [1.29, 1.82) is 36.8 Å². The lowest BCUT2D eigenvalue weighted by molar-refractivity contribution is -0.118. The molecule has 5 amide bonds. The van der Waals surface area contributed by atoms with Crippen molar-refractivity contribution in [3.63, 3.8) is 0 Å². The molecule has 139 heavy (non-hydrogen) atoms. The number of nitrogens with zero attached hydrogens (tertiary/aromatic N) is 7. The number of carbonyl (C=O) groups excluding carboxylic acids is 5. The Bertz CT molecular complexity index is 7180. The summed E-state index contributed by atoms with van der Waals surface area (Å²) >= 11 is 0. The average molecular weight is 1870 g/mol. The van der Waals surface area contributed by atoms with Crippen LogP contribution in [-0.4, -0.2) is 113 Å². The minimum atomic E-state index is -0.843. The molecule has 12 aromatic carbocycles. The molecule has 34 nitrogen and oxygen atoms in total. The number of carbonyl (C=O) groups is 5. The summed E-state index contributed by atoms with van der Waals surface area (Å²) in [5, 5.41) is 212. The number of anilines is 1. The van der Waals surface area contributed by atoms with Crippen LogP contribution in [0.2, 0.25) is 0 Å². The SMILES string of the molecule is C[C@@H](NC(=O)/C(C#N)=C/c1ccc(O)c(O)c1)c1ccccc1.N#C/C(=C/c1ccc(O)c(O)c1)C(=O)NCc1ccccc1.N#C/C(=C\c1ccc(O)c(O)c1)C(=O)NCCCc1ccccc1.N#C/C(=C\c1ccc(O)c(O)c1)C(=O)Nc1ccccc1.N#C/C(=C\c1ccc(O)c(O)c1)C(N)=O.N#CC(C#N)=Cc1ccc(O)c(O)c1.O=c1c(-c2ccc(O)cc2)coc2cc(O)cc(O)c12. The average Bonchev–Trinajstić information content (AvgIpc) is 0.775. The van der Waals surface area contributed by atoms with Crippen molar-refractivity contribution >= 4 is 82.6 Å². The summed E-state index contributed by atoms with van der Waals surface area (Å²) < 4.78 is 5.29. The maximum absolute atomic E-state index is 12.4. The molecule has 13 aromatic rings. The number of aryl methyl sites for hydroxylation is 1. The minimum absolute atomic E-state index is 0.00775. The zero-order chi connectivity index (χ0) is 102. The standard InChI is InChI=1S/C19H18N2O3.C18H16N2O3.C17H14N2O3.C16H12N2O3.C15H10O5.C10H8N2O3.C10H6N2O2/c20-13-16(11-15-8-9-17(22)18(23)12-15)19(24)21-10-4-7-14-5-2-1-3-6-14;1-12(14-5-3-2-4-6-14)20-18(23)15(11-19)9-13-7-8-16(21)17(22)10-13;18-10-14(8-13-6-7-15(20)16(21)9-13)17(22)19-11-12-4-2-1-3-5-12;17-10-12(8-11-6-7-14(19)15(20)9-11)16(21)18-13-4-2-1-3-5-13;16-9-3-1-8(2-4-9)11-7-20-13-6-10(17)5-12(18)14(13)15(11)19;11-5-7(10(12)15)3-6-1-2-8(13)9(14)4-6;11-5-8(6-12)3-7-1-2-9(13)10(14)4-7/h1-3,5-6,8-9,11-12,22-23H,4,7,10H2,(H,21,24);2-10,12,21-22H,1H3,(H,20,23);1-9,20-21H,11H2,(H,19,22);1-9,19-20H,(H,18,21);1-7,16-18H;1-4,13-14H,(H2,12,15);1-4,13-14H/b16-11+;15-9+;14-8-;12-8+;;7-3+;/t;12-;;;;;/m.1...../s1. The molecular formula is C105H84N12O22. The van der Waals surface area contributed by atoms with E-state index in [9.17, 15) is 90.2 Å². The molecule has 0 aliphatic heterocycles. The van der Waals surface area contributed by atoms with Crippen molar-refractivity contribution in [2.75, 3.05) is 11.9 Å². The van der Waals surface area contributed by atoms with Gasteiger partial charge in [0, 0.05) is 30.9 Å². The third kappa shape index (κ3) is 33.8. The Morgan fingerprint density at radius 1 is 0.360 bits per heavy atom. The summed E-state index contributed by atoms with van der Waals surface area (Å²) in [4.78, 5) is 71.3. The number of benzene rings is 12. The highest BCUT2D eigenvalue weighted by Gasteiger charge is 2.19. The van der Waals surface area contributed by atoms with Gasteiger partial charge >= 0.3 is 0 Å². The fourth-order valence-electron chi connectivity index (χ4n) is 11.6. The van der Waals surface area contributed by atoms with Gasteiger partial charge in [-0.05, 0) is 209 Å². The van der Waals surface area contributed by atoms with Gasteiger partial charge in [0.2, 0.25) is 5.43 Å². The maximum Gasteiger partial charge on any atom is 0.266 e. The quantitative estimate of drug-likeness (QED) is 0.0137. The number of hydrogen-bond donors (Lipinski definition) is 20. The third-order valence-corrected chi connectivity index (χ3v) is 18.7. The number of phenols is 15. The second kappa shape index (κ2) is 53.3. The Hall–Kier alpha value is -20.9. The molecule has 1 atom stereocenters. The first-order valence-corrected chi connectivity index (χ1v) is 40.7. The minimum Gasteiger partial charge on any atom is -0.508 e. The Balaban J connectivity index is 0.000000222. The summed E-state index contributed by atoms with van der Waals surface area (Å²) in [5.41, 5.74) is 11.1. The summed E-state index contributed by atoms with van der Waals surface area (Å²) in [6, 6.07) is 82.2. The highest BCUT2D eigenvalue weighted by Crippen LogP contribution is 2.34. The Morgan fingerprint density at radius 2 is 0.712 bits per heavy atom. The van der Waals surface area contributed by atoms with Gasteiger partial charge in [0.05, 0.1) is 11.6 Å². The second-order valence-electron chi connectivity index (χ2n) is 28.8. The molecule has 0 spiro atoms. The number of fused-ring (bicyclic) bond motifs is 1. The molecule has 34 heteroatoms. The molecule has 696 valence electrons. The largest absolute Gasteiger partial charge is 0.508 e. The summed E-state index contributed by atoms with van der Waals surface area (Å²) in [5.74, 6) is -6.69. The number of primary amides is 1. The van der Waals surface area contributed by atoms with Crippen LogP contribution in [0.4, 0.5) is 5.69 Å². The lowest BCUT2D eigenvalue weighted by Crippen LogP contribution is -2.27. The van der Waals surface area contributed by atoms with Crippen molar-refractivity contribution < 1.29 is 105 Å². The van der Waals surface area contributed by atoms with Gasteiger partial charge in [0.1, 0.15) is 110 Å².